The molecule has 2 amide bonds. The highest BCUT2D eigenvalue weighted by atomic mass is 35.5. The molecule has 1 aromatic carbocycles. The Labute approximate surface area is 272 Å². The first-order valence-corrected chi connectivity index (χ1v) is 14.1. The standard InChI is InChI=1S/C27H28Cl2F9N5O4/c1-11(2)24-15(17(26(33,34)35)39-19(40-24)27(36,37)38)18(42(20(44)46-22(3,4)5)21(45)47-23(6,7)8)43(41-24)16-13(28)9-12(10-14(16)29)25(30,31)32/h9-11,41H,1-8H3. The van der Waals surface area contributed by atoms with Crippen LogP contribution in [-0.4, -0.2) is 57.9 Å². The highest BCUT2D eigenvalue weighted by Crippen LogP contribution is 2.50. The van der Waals surface area contributed by atoms with Crippen molar-refractivity contribution >= 4 is 52.6 Å². The summed E-state index contributed by atoms with van der Waals surface area (Å²) in [6, 6.07) is 0.649. The molecule has 2 aliphatic heterocycles. The van der Waals surface area contributed by atoms with Crippen molar-refractivity contribution in [1.29, 1.82) is 0 Å². The van der Waals surface area contributed by atoms with Crippen molar-refractivity contribution in [2.45, 2.75) is 90.8 Å². The fourth-order valence-electron chi connectivity index (χ4n) is 4.34. The zero-order chi connectivity index (χ0) is 36.5. The molecule has 1 aromatic rings. The maximum absolute atomic E-state index is 14.8. The van der Waals surface area contributed by atoms with E-state index in [9.17, 15) is 49.1 Å². The molecule has 1 atom stereocenters. The van der Waals surface area contributed by atoms with E-state index in [4.69, 9.17) is 32.7 Å². The van der Waals surface area contributed by atoms with Gasteiger partial charge in [0.05, 0.1) is 26.9 Å². The van der Waals surface area contributed by atoms with Gasteiger partial charge in [-0.05, 0) is 59.6 Å². The Morgan fingerprint density at radius 3 is 1.62 bits per heavy atom. The molecule has 0 fully saturated rings. The summed E-state index contributed by atoms with van der Waals surface area (Å²) in [4.78, 5) is 33.6. The first-order valence-electron chi connectivity index (χ1n) is 13.4. The van der Waals surface area contributed by atoms with E-state index in [1.165, 1.54) is 41.5 Å². The number of nitrogens with zero attached hydrogens (tertiary/aromatic N) is 4. The van der Waals surface area contributed by atoms with Crippen molar-refractivity contribution in [1.82, 2.24) is 10.3 Å². The average molecular weight is 728 g/mol. The van der Waals surface area contributed by atoms with Crippen LogP contribution in [0.25, 0.3) is 0 Å². The second-order valence-corrected chi connectivity index (χ2v) is 13.4. The number of alkyl halides is 9. The molecule has 0 aliphatic carbocycles. The molecular weight excluding hydrogens is 700 g/mol. The summed E-state index contributed by atoms with van der Waals surface area (Å²) in [6.45, 7) is 10.2. The van der Waals surface area contributed by atoms with Gasteiger partial charge in [0.1, 0.15) is 11.2 Å². The maximum atomic E-state index is 14.8. The molecular formula is C27H28Cl2F9N5O4. The number of amidine groups is 1. The molecule has 1 unspecified atom stereocenters. The third-order valence-electron chi connectivity index (χ3n) is 6.12. The Balaban J connectivity index is 2.62. The smallest absolute Gasteiger partial charge is 0.443 e. The molecule has 0 saturated carbocycles. The van der Waals surface area contributed by atoms with Crippen LogP contribution in [0.1, 0.15) is 61.0 Å². The van der Waals surface area contributed by atoms with Gasteiger partial charge in [0.15, 0.2) is 17.2 Å². The van der Waals surface area contributed by atoms with E-state index in [2.05, 4.69) is 15.4 Å². The van der Waals surface area contributed by atoms with E-state index in [-0.39, 0.29) is 4.90 Å². The van der Waals surface area contributed by atoms with E-state index in [1.54, 1.807) is 0 Å². The molecule has 20 heteroatoms. The number of benzene rings is 1. The zero-order valence-electron chi connectivity index (χ0n) is 25.8. The molecule has 0 saturated heterocycles. The van der Waals surface area contributed by atoms with Crippen molar-refractivity contribution in [3.05, 3.63) is 39.1 Å². The summed E-state index contributed by atoms with van der Waals surface area (Å²) in [5.74, 6) is -4.90. The van der Waals surface area contributed by atoms with Crippen molar-refractivity contribution in [2.75, 3.05) is 5.01 Å². The SMILES string of the molecule is CC(C)C12N=C(C(F)(F)F)N=C(C(F)(F)F)C1=C(N(C(=O)OC(C)(C)C)C(=O)OC(C)(C)C)N(c1c(Cl)cc(C(F)(F)F)cc1Cl)N2. The molecule has 262 valence electrons. The fourth-order valence-corrected chi connectivity index (χ4v) is 5.00. The average Bonchev–Trinajstić information content (AvgIpc) is 3.15. The quantitative estimate of drug-likeness (QED) is 0.312. The number of ether oxygens (including phenoxy) is 2. The van der Waals surface area contributed by atoms with Gasteiger partial charge in [-0.2, -0.15) is 49.8 Å². The lowest BCUT2D eigenvalue weighted by Gasteiger charge is -2.37. The highest BCUT2D eigenvalue weighted by molar-refractivity contribution is 6.39. The third-order valence-corrected chi connectivity index (χ3v) is 6.70. The minimum absolute atomic E-state index is 0.0807. The maximum Gasteiger partial charge on any atom is 0.451 e. The Morgan fingerprint density at radius 1 is 0.830 bits per heavy atom. The molecule has 0 bridgehead atoms. The lowest BCUT2D eigenvalue weighted by molar-refractivity contribution is -0.137. The van der Waals surface area contributed by atoms with Gasteiger partial charge in [-0.3, -0.25) is 5.01 Å². The van der Waals surface area contributed by atoms with Crippen LogP contribution in [0.5, 0.6) is 0 Å². The molecule has 2 aliphatic rings. The number of carbonyl (C=O) groups excluding carboxylic acids is 2. The third kappa shape index (κ3) is 7.91. The largest absolute Gasteiger partial charge is 0.451 e. The fraction of sp³-hybridized carbons (Fsp3) is 0.556. The number of amides is 2. The van der Waals surface area contributed by atoms with Crippen LogP contribution >= 0.6 is 23.2 Å². The number of hydrogen-bond donors (Lipinski definition) is 1. The zero-order valence-corrected chi connectivity index (χ0v) is 27.3. The Kier molecular flexibility index (Phi) is 9.77. The van der Waals surface area contributed by atoms with Crippen molar-refractivity contribution in [3.8, 4) is 0 Å². The Hall–Kier alpha value is -3.25. The lowest BCUT2D eigenvalue weighted by atomic mass is 9.85. The minimum Gasteiger partial charge on any atom is -0.443 e. The van der Waals surface area contributed by atoms with E-state index in [0.29, 0.717) is 17.1 Å². The highest BCUT2D eigenvalue weighted by Gasteiger charge is 2.62. The second kappa shape index (κ2) is 12.0. The summed E-state index contributed by atoms with van der Waals surface area (Å²) < 4.78 is 138. The lowest BCUT2D eigenvalue weighted by Crippen LogP contribution is -2.56. The first kappa shape index (κ1) is 38.2. The normalized spacial score (nSPS) is 19.4. The van der Waals surface area contributed by atoms with Gasteiger partial charge in [0, 0.05) is 0 Å². The first-order chi connectivity index (χ1) is 20.9. The number of fused-ring (bicyclic) bond motifs is 1. The number of rotatable bonds is 3. The minimum atomic E-state index is -5.72. The van der Waals surface area contributed by atoms with Gasteiger partial charge in [0.25, 0.3) is 0 Å². The number of carbonyl (C=O) groups is 2. The molecule has 9 nitrogen and oxygen atoms in total. The molecule has 0 aromatic heterocycles. The second-order valence-electron chi connectivity index (χ2n) is 12.5. The predicted molar refractivity (Wildman–Crippen MR) is 153 cm³/mol. The van der Waals surface area contributed by atoms with Crippen molar-refractivity contribution < 1.29 is 58.6 Å². The molecule has 1 N–H and O–H groups in total. The predicted octanol–water partition coefficient (Wildman–Crippen LogP) is 9.05. The van der Waals surface area contributed by atoms with Crippen LogP contribution in [0.15, 0.2) is 33.5 Å². The van der Waals surface area contributed by atoms with Crippen LogP contribution in [0.4, 0.5) is 54.8 Å². The van der Waals surface area contributed by atoms with Crippen molar-refractivity contribution in [3.63, 3.8) is 0 Å². The molecule has 2 heterocycles. The number of hydrazine groups is 1. The monoisotopic (exact) mass is 727 g/mol. The van der Waals surface area contributed by atoms with Crippen molar-refractivity contribution in [2.24, 2.45) is 15.9 Å². The summed E-state index contributed by atoms with van der Waals surface area (Å²) in [6.07, 6.45) is -19.7. The molecule has 3 rings (SSSR count). The van der Waals surface area contributed by atoms with E-state index >= 15 is 0 Å². The summed E-state index contributed by atoms with van der Waals surface area (Å²) in [5.41, 5.74) is -9.21. The van der Waals surface area contributed by atoms with Gasteiger partial charge in [-0.1, -0.05) is 37.0 Å². The number of anilines is 1. The summed E-state index contributed by atoms with van der Waals surface area (Å²) in [7, 11) is 0. The van der Waals surface area contributed by atoms with E-state index < -0.39 is 97.7 Å². The number of halogens is 11. The van der Waals surface area contributed by atoms with E-state index in [0.717, 1.165) is 13.8 Å². The van der Waals surface area contributed by atoms with Gasteiger partial charge in [0.2, 0.25) is 5.84 Å². The number of nitrogens with one attached hydrogen (secondary N) is 1. The van der Waals surface area contributed by atoms with E-state index in [1.807, 2.05) is 0 Å². The Bertz CT molecular complexity index is 1500. The van der Waals surface area contributed by atoms with Crippen LogP contribution in [-0.2, 0) is 15.7 Å². The Morgan fingerprint density at radius 2 is 1.28 bits per heavy atom. The van der Waals surface area contributed by atoms with Gasteiger partial charge in [-0.15, -0.1) is 0 Å². The number of aliphatic imine (C=N–C) groups is 2. The number of hydrogen-bond acceptors (Lipinski definition) is 8. The molecule has 0 spiro atoms. The molecule has 47 heavy (non-hydrogen) atoms. The van der Waals surface area contributed by atoms with Gasteiger partial charge < -0.3 is 9.47 Å². The summed E-state index contributed by atoms with van der Waals surface area (Å²) >= 11 is 12.4. The van der Waals surface area contributed by atoms with Gasteiger partial charge >= 0.3 is 30.7 Å². The summed E-state index contributed by atoms with van der Waals surface area (Å²) in [5, 5.41) is -1.46. The van der Waals surface area contributed by atoms with Crippen LogP contribution in [0, 0.1) is 5.92 Å². The van der Waals surface area contributed by atoms with Crippen LogP contribution in [0.3, 0.4) is 0 Å². The topological polar surface area (TPSA) is 95.8 Å². The molecule has 0 radical (unpaired) electrons. The van der Waals surface area contributed by atoms with Gasteiger partial charge in [-0.25, -0.2) is 19.6 Å². The van der Waals surface area contributed by atoms with Crippen LogP contribution < -0.4 is 10.4 Å². The number of imide groups is 1. The van der Waals surface area contributed by atoms with Crippen LogP contribution in [0.2, 0.25) is 10.0 Å².